The molecular formula is C14H21NOS. The molecule has 94 valence electrons. The average molecular weight is 251 g/mol. The maximum Gasteiger partial charge on any atom is 0.229 e. The Balaban J connectivity index is 2.85. The fraction of sp³-hybridized carbons (Fsp3) is 0.500. The molecule has 1 aromatic carbocycles. The SMILES string of the molecule is Cc1ccc(C(C)(C)CNC(=O)CS)c(C)c1. The second-order valence-corrected chi connectivity index (χ2v) is 5.45. The Morgan fingerprint density at radius 2 is 2.00 bits per heavy atom. The van der Waals surface area contributed by atoms with Crippen LogP contribution >= 0.6 is 12.6 Å². The summed E-state index contributed by atoms with van der Waals surface area (Å²) in [6, 6.07) is 6.44. The topological polar surface area (TPSA) is 29.1 Å². The summed E-state index contributed by atoms with van der Waals surface area (Å²) in [5.74, 6) is 0.217. The van der Waals surface area contributed by atoms with Crippen molar-refractivity contribution >= 4 is 18.5 Å². The zero-order valence-corrected chi connectivity index (χ0v) is 11.9. The van der Waals surface area contributed by atoms with Gasteiger partial charge in [-0.3, -0.25) is 4.79 Å². The van der Waals surface area contributed by atoms with E-state index in [2.05, 4.69) is 63.8 Å². The Labute approximate surface area is 109 Å². The number of carbonyl (C=O) groups is 1. The molecule has 1 rings (SSSR count). The molecule has 1 N–H and O–H groups in total. The Hall–Kier alpha value is -0.960. The lowest BCUT2D eigenvalue weighted by atomic mass is 9.81. The molecule has 0 fully saturated rings. The number of rotatable bonds is 4. The van der Waals surface area contributed by atoms with Crippen LogP contribution in [0.3, 0.4) is 0 Å². The third-order valence-electron chi connectivity index (χ3n) is 2.98. The molecule has 0 saturated carbocycles. The minimum atomic E-state index is -0.0591. The number of nitrogens with one attached hydrogen (secondary N) is 1. The first kappa shape index (κ1) is 14.1. The number of thiol groups is 1. The standard InChI is InChI=1S/C14H21NOS/c1-10-5-6-12(11(2)7-10)14(3,4)9-15-13(16)8-17/h5-7,17H,8-9H2,1-4H3,(H,15,16). The molecule has 17 heavy (non-hydrogen) atoms. The maximum absolute atomic E-state index is 11.2. The first-order valence-electron chi connectivity index (χ1n) is 5.82. The van der Waals surface area contributed by atoms with Crippen molar-refractivity contribution in [3.63, 3.8) is 0 Å². The summed E-state index contributed by atoms with van der Waals surface area (Å²) in [6.45, 7) is 9.13. The van der Waals surface area contributed by atoms with Gasteiger partial charge in [0.2, 0.25) is 5.91 Å². The minimum Gasteiger partial charge on any atom is -0.355 e. The van der Waals surface area contributed by atoms with Crippen LogP contribution in [0.4, 0.5) is 0 Å². The third-order valence-corrected chi connectivity index (χ3v) is 3.27. The fourth-order valence-electron chi connectivity index (χ4n) is 2.04. The molecule has 0 unspecified atom stereocenters. The van der Waals surface area contributed by atoms with Crippen LogP contribution in [0.15, 0.2) is 18.2 Å². The quantitative estimate of drug-likeness (QED) is 0.791. The molecule has 0 bridgehead atoms. The van der Waals surface area contributed by atoms with E-state index in [0.29, 0.717) is 6.54 Å². The van der Waals surface area contributed by atoms with Gasteiger partial charge in [0, 0.05) is 12.0 Å². The van der Waals surface area contributed by atoms with Crippen molar-refractivity contribution in [2.75, 3.05) is 12.3 Å². The van der Waals surface area contributed by atoms with Crippen molar-refractivity contribution < 1.29 is 4.79 Å². The van der Waals surface area contributed by atoms with Crippen molar-refractivity contribution in [2.24, 2.45) is 0 Å². The molecule has 0 aliphatic rings. The molecule has 1 aromatic rings. The predicted octanol–water partition coefficient (Wildman–Crippen LogP) is 2.63. The van der Waals surface area contributed by atoms with E-state index < -0.39 is 0 Å². The maximum atomic E-state index is 11.2. The highest BCUT2D eigenvalue weighted by atomic mass is 32.1. The molecule has 0 aliphatic heterocycles. The Bertz CT molecular complexity index is 413. The molecule has 1 amide bonds. The summed E-state index contributed by atoms with van der Waals surface area (Å²) in [6.07, 6.45) is 0. The highest BCUT2D eigenvalue weighted by molar-refractivity contribution is 7.81. The zero-order valence-electron chi connectivity index (χ0n) is 11.0. The van der Waals surface area contributed by atoms with Crippen LogP contribution < -0.4 is 5.32 Å². The second kappa shape index (κ2) is 5.58. The van der Waals surface area contributed by atoms with Crippen LogP contribution in [-0.4, -0.2) is 18.2 Å². The number of benzene rings is 1. The minimum absolute atomic E-state index is 0.0221. The summed E-state index contributed by atoms with van der Waals surface area (Å²) in [7, 11) is 0. The molecule has 0 heterocycles. The van der Waals surface area contributed by atoms with E-state index in [4.69, 9.17) is 0 Å². The molecule has 3 heteroatoms. The van der Waals surface area contributed by atoms with E-state index in [0.717, 1.165) is 0 Å². The van der Waals surface area contributed by atoms with Gasteiger partial charge in [0.05, 0.1) is 5.75 Å². The fourth-order valence-corrected chi connectivity index (χ4v) is 2.16. The van der Waals surface area contributed by atoms with E-state index in [-0.39, 0.29) is 17.1 Å². The van der Waals surface area contributed by atoms with E-state index >= 15 is 0 Å². The van der Waals surface area contributed by atoms with Gasteiger partial charge in [-0.1, -0.05) is 37.6 Å². The van der Waals surface area contributed by atoms with Crippen molar-refractivity contribution in [2.45, 2.75) is 33.1 Å². The number of hydrogen-bond donors (Lipinski definition) is 2. The highest BCUT2D eigenvalue weighted by Crippen LogP contribution is 2.26. The van der Waals surface area contributed by atoms with E-state index in [1.165, 1.54) is 16.7 Å². The second-order valence-electron chi connectivity index (χ2n) is 5.14. The first-order valence-corrected chi connectivity index (χ1v) is 6.45. The lowest BCUT2D eigenvalue weighted by Gasteiger charge is -2.27. The van der Waals surface area contributed by atoms with Crippen LogP contribution in [0.25, 0.3) is 0 Å². The van der Waals surface area contributed by atoms with E-state index in [9.17, 15) is 4.79 Å². The Morgan fingerprint density at radius 3 is 2.53 bits per heavy atom. The average Bonchev–Trinajstić information content (AvgIpc) is 2.25. The Kier molecular flexibility index (Phi) is 4.63. The molecular weight excluding hydrogens is 230 g/mol. The lowest BCUT2D eigenvalue weighted by molar-refractivity contribution is -0.118. The molecule has 0 aliphatic carbocycles. The normalized spacial score (nSPS) is 11.4. The molecule has 0 atom stereocenters. The number of aryl methyl sites for hydroxylation is 2. The van der Waals surface area contributed by atoms with Gasteiger partial charge in [-0.2, -0.15) is 12.6 Å². The van der Waals surface area contributed by atoms with Crippen LogP contribution in [0.2, 0.25) is 0 Å². The van der Waals surface area contributed by atoms with Gasteiger partial charge >= 0.3 is 0 Å². The van der Waals surface area contributed by atoms with Gasteiger partial charge in [0.25, 0.3) is 0 Å². The van der Waals surface area contributed by atoms with Gasteiger partial charge in [0.15, 0.2) is 0 Å². The number of amides is 1. The van der Waals surface area contributed by atoms with Crippen LogP contribution in [0.5, 0.6) is 0 Å². The zero-order chi connectivity index (χ0) is 13.1. The monoisotopic (exact) mass is 251 g/mol. The molecule has 0 radical (unpaired) electrons. The Morgan fingerprint density at radius 1 is 1.35 bits per heavy atom. The van der Waals surface area contributed by atoms with Crippen molar-refractivity contribution in [1.29, 1.82) is 0 Å². The van der Waals surface area contributed by atoms with Crippen LogP contribution in [0.1, 0.15) is 30.5 Å². The first-order chi connectivity index (χ1) is 7.86. The summed E-state index contributed by atoms with van der Waals surface area (Å²) in [5, 5.41) is 2.90. The highest BCUT2D eigenvalue weighted by Gasteiger charge is 2.22. The number of carbonyl (C=O) groups excluding carboxylic acids is 1. The lowest BCUT2D eigenvalue weighted by Crippen LogP contribution is -2.37. The van der Waals surface area contributed by atoms with Crippen molar-refractivity contribution in [3.05, 3.63) is 34.9 Å². The third kappa shape index (κ3) is 3.77. The van der Waals surface area contributed by atoms with E-state index in [1.807, 2.05) is 0 Å². The molecule has 0 spiro atoms. The summed E-state index contributed by atoms with van der Waals surface area (Å²) in [4.78, 5) is 11.2. The van der Waals surface area contributed by atoms with Gasteiger partial charge < -0.3 is 5.32 Å². The number of hydrogen-bond acceptors (Lipinski definition) is 2. The van der Waals surface area contributed by atoms with Crippen molar-refractivity contribution in [3.8, 4) is 0 Å². The molecule has 2 nitrogen and oxygen atoms in total. The smallest absolute Gasteiger partial charge is 0.229 e. The predicted molar refractivity (Wildman–Crippen MR) is 75.8 cm³/mol. The van der Waals surface area contributed by atoms with E-state index in [1.54, 1.807) is 0 Å². The molecule has 0 saturated heterocycles. The van der Waals surface area contributed by atoms with Crippen molar-refractivity contribution in [1.82, 2.24) is 5.32 Å². The van der Waals surface area contributed by atoms with Crippen LogP contribution in [-0.2, 0) is 10.2 Å². The van der Waals surface area contributed by atoms with Gasteiger partial charge in [-0.15, -0.1) is 0 Å². The summed E-state index contributed by atoms with van der Waals surface area (Å²) < 4.78 is 0. The largest absolute Gasteiger partial charge is 0.355 e. The van der Waals surface area contributed by atoms with Crippen LogP contribution in [0, 0.1) is 13.8 Å². The van der Waals surface area contributed by atoms with Gasteiger partial charge in [-0.25, -0.2) is 0 Å². The summed E-state index contributed by atoms with van der Waals surface area (Å²) in [5.41, 5.74) is 3.76. The summed E-state index contributed by atoms with van der Waals surface area (Å²) >= 11 is 3.95. The van der Waals surface area contributed by atoms with Gasteiger partial charge in [-0.05, 0) is 25.0 Å². The molecule has 0 aromatic heterocycles. The van der Waals surface area contributed by atoms with Gasteiger partial charge in [0.1, 0.15) is 0 Å².